The summed E-state index contributed by atoms with van der Waals surface area (Å²) in [5.41, 5.74) is 4.15. The first-order valence-electron chi connectivity index (χ1n) is 9.78. The second kappa shape index (κ2) is 7.37. The van der Waals surface area contributed by atoms with Gasteiger partial charge in [0.15, 0.2) is 0 Å². The van der Waals surface area contributed by atoms with E-state index in [0.717, 1.165) is 35.5 Å². The summed E-state index contributed by atoms with van der Waals surface area (Å²) >= 11 is 1.70. The molecule has 6 heteroatoms. The van der Waals surface area contributed by atoms with Crippen molar-refractivity contribution < 1.29 is 4.79 Å². The van der Waals surface area contributed by atoms with Crippen molar-refractivity contribution in [3.8, 4) is 11.1 Å². The minimum atomic E-state index is 0.100. The zero-order valence-electron chi connectivity index (χ0n) is 16.3. The van der Waals surface area contributed by atoms with Crippen molar-refractivity contribution in [2.45, 2.75) is 0 Å². The van der Waals surface area contributed by atoms with Gasteiger partial charge in [-0.05, 0) is 46.7 Å². The molecule has 1 aliphatic rings. The summed E-state index contributed by atoms with van der Waals surface area (Å²) in [5, 5.41) is 5.41. The molecule has 0 unspecified atom stereocenters. The SMILES string of the molecule is Cn1cccc1C(=O)N1CCN(c2ccc3cccc(-c4ccsc4)c3n2)CC1. The second-order valence-electron chi connectivity index (χ2n) is 7.34. The first-order chi connectivity index (χ1) is 14.2. The van der Waals surface area contributed by atoms with E-state index in [4.69, 9.17) is 4.98 Å². The highest BCUT2D eigenvalue weighted by atomic mass is 32.1. The van der Waals surface area contributed by atoms with Gasteiger partial charge in [-0.15, -0.1) is 0 Å². The molecule has 146 valence electrons. The molecule has 0 spiro atoms. The Morgan fingerprint density at radius 3 is 2.59 bits per heavy atom. The van der Waals surface area contributed by atoms with Gasteiger partial charge in [-0.1, -0.05) is 18.2 Å². The summed E-state index contributed by atoms with van der Waals surface area (Å²) < 4.78 is 1.88. The number of carbonyl (C=O) groups is 1. The molecule has 0 N–H and O–H groups in total. The lowest BCUT2D eigenvalue weighted by atomic mass is 10.0. The number of anilines is 1. The van der Waals surface area contributed by atoms with Crippen LogP contribution in [-0.4, -0.2) is 46.5 Å². The summed E-state index contributed by atoms with van der Waals surface area (Å²) in [4.78, 5) is 22.0. The van der Waals surface area contributed by atoms with Gasteiger partial charge in [0.2, 0.25) is 0 Å². The first kappa shape index (κ1) is 17.9. The Labute approximate surface area is 173 Å². The summed E-state index contributed by atoms with van der Waals surface area (Å²) in [6, 6.07) is 16.5. The summed E-state index contributed by atoms with van der Waals surface area (Å²) in [6.07, 6.45) is 1.91. The van der Waals surface area contributed by atoms with Crippen LogP contribution in [0.5, 0.6) is 0 Å². The maximum atomic E-state index is 12.7. The lowest BCUT2D eigenvalue weighted by Crippen LogP contribution is -2.49. The molecule has 29 heavy (non-hydrogen) atoms. The molecular weight excluding hydrogens is 380 g/mol. The molecular formula is C23H22N4OS. The number of amides is 1. The van der Waals surface area contributed by atoms with E-state index in [2.05, 4.69) is 52.1 Å². The molecule has 5 nitrogen and oxygen atoms in total. The van der Waals surface area contributed by atoms with Gasteiger partial charge in [-0.25, -0.2) is 4.98 Å². The molecule has 1 aromatic carbocycles. The van der Waals surface area contributed by atoms with Gasteiger partial charge in [0.1, 0.15) is 11.5 Å². The molecule has 4 heterocycles. The maximum Gasteiger partial charge on any atom is 0.270 e. The fourth-order valence-electron chi connectivity index (χ4n) is 3.95. The van der Waals surface area contributed by atoms with Crippen LogP contribution in [0, 0.1) is 0 Å². The zero-order chi connectivity index (χ0) is 19.8. The van der Waals surface area contributed by atoms with Crippen molar-refractivity contribution in [3.63, 3.8) is 0 Å². The Morgan fingerprint density at radius 1 is 1.00 bits per heavy atom. The van der Waals surface area contributed by atoms with Crippen LogP contribution >= 0.6 is 11.3 Å². The number of nitrogens with zero attached hydrogens (tertiary/aromatic N) is 4. The number of aromatic nitrogens is 2. The van der Waals surface area contributed by atoms with Crippen LogP contribution in [-0.2, 0) is 7.05 Å². The quantitative estimate of drug-likeness (QED) is 0.514. The normalized spacial score (nSPS) is 14.5. The monoisotopic (exact) mass is 402 g/mol. The number of pyridine rings is 1. The van der Waals surface area contributed by atoms with Crippen molar-refractivity contribution in [3.05, 3.63) is 71.2 Å². The first-order valence-corrected chi connectivity index (χ1v) is 10.7. The van der Waals surface area contributed by atoms with Crippen LogP contribution in [0.3, 0.4) is 0 Å². The average molecular weight is 403 g/mol. The van der Waals surface area contributed by atoms with Gasteiger partial charge in [-0.2, -0.15) is 11.3 Å². The number of benzene rings is 1. The number of carbonyl (C=O) groups excluding carboxylic acids is 1. The molecule has 0 saturated carbocycles. The molecule has 0 bridgehead atoms. The molecule has 4 aromatic rings. The number of piperazine rings is 1. The van der Waals surface area contributed by atoms with Crippen molar-refractivity contribution in [2.24, 2.45) is 7.05 Å². The number of rotatable bonds is 3. The zero-order valence-corrected chi connectivity index (χ0v) is 17.1. The van der Waals surface area contributed by atoms with Crippen LogP contribution in [0.25, 0.3) is 22.0 Å². The number of para-hydroxylation sites is 1. The molecule has 1 fully saturated rings. The van der Waals surface area contributed by atoms with E-state index < -0.39 is 0 Å². The standard InChI is InChI=1S/C23H22N4OS/c1-25-10-3-6-20(25)23(28)27-13-11-26(12-14-27)21-8-7-17-4-2-5-19(22(17)24-21)18-9-15-29-16-18/h2-10,15-16H,11-14H2,1H3. The van der Waals surface area contributed by atoms with Crippen LogP contribution in [0.4, 0.5) is 5.82 Å². The Balaban J connectivity index is 1.38. The average Bonchev–Trinajstić information content (AvgIpc) is 3.44. The van der Waals surface area contributed by atoms with Gasteiger partial charge < -0.3 is 14.4 Å². The Kier molecular flexibility index (Phi) is 4.56. The van der Waals surface area contributed by atoms with E-state index in [1.807, 2.05) is 34.8 Å². The topological polar surface area (TPSA) is 41.4 Å². The molecule has 0 aliphatic carbocycles. The van der Waals surface area contributed by atoms with Gasteiger partial charge >= 0.3 is 0 Å². The third kappa shape index (κ3) is 3.29. The highest BCUT2D eigenvalue weighted by molar-refractivity contribution is 7.08. The van der Waals surface area contributed by atoms with Crippen LogP contribution in [0.1, 0.15) is 10.5 Å². The van der Waals surface area contributed by atoms with E-state index in [1.54, 1.807) is 11.3 Å². The van der Waals surface area contributed by atoms with E-state index in [0.29, 0.717) is 13.1 Å². The van der Waals surface area contributed by atoms with Gasteiger partial charge in [0.25, 0.3) is 5.91 Å². The number of fused-ring (bicyclic) bond motifs is 1. The van der Waals surface area contributed by atoms with Gasteiger partial charge in [0.05, 0.1) is 5.52 Å². The fraction of sp³-hybridized carbons (Fsp3) is 0.217. The van der Waals surface area contributed by atoms with Crippen LogP contribution in [0.2, 0.25) is 0 Å². The molecule has 5 rings (SSSR count). The Bertz CT molecular complexity index is 1160. The second-order valence-corrected chi connectivity index (χ2v) is 8.12. The lowest BCUT2D eigenvalue weighted by Gasteiger charge is -2.35. The number of hydrogen-bond acceptors (Lipinski definition) is 4. The molecule has 0 atom stereocenters. The van der Waals surface area contributed by atoms with Crippen molar-refractivity contribution in [1.82, 2.24) is 14.5 Å². The molecule has 3 aromatic heterocycles. The number of aryl methyl sites for hydroxylation is 1. The smallest absolute Gasteiger partial charge is 0.270 e. The van der Waals surface area contributed by atoms with Crippen molar-refractivity contribution >= 4 is 34.0 Å². The highest BCUT2D eigenvalue weighted by Gasteiger charge is 2.24. The molecule has 0 radical (unpaired) electrons. The van der Waals surface area contributed by atoms with E-state index in [1.165, 1.54) is 11.1 Å². The largest absolute Gasteiger partial charge is 0.353 e. The van der Waals surface area contributed by atoms with E-state index in [9.17, 15) is 4.79 Å². The third-order valence-corrected chi connectivity index (χ3v) is 6.27. The van der Waals surface area contributed by atoms with Gasteiger partial charge in [0, 0.05) is 50.4 Å². The lowest BCUT2D eigenvalue weighted by molar-refractivity contribution is 0.0737. The molecule has 1 aliphatic heterocycles. The highest BCUT2D eigenvalue weighted by Crippen LogP contribution is 2.30. The maximum absolute atomic E-state index is 12.7. The van der Waals surface area contributed by atoms with Gasteiger partial charge in [-0.3, -0.25) is 4.79 Å². The summed E-state index contributed by atoms with van der Waals surface area (Å²) in [6.45, 7) is 2.98. The number of thiophene rings is 1. The van der Waals surface area contributed by atoms with Crippen LogP contribution in [0.15, 0.2) is 65.5 Å². The predicted molar refractivity (Wildman–Crippen MR) is 119 cm³/mol. The minimum Gasteiger partial charge on any atom is -0.353 e. The Morgan fingerprint density at radius 2 is 1.86 bits per heavy atom. The molecule has 1 saturated heterocycles. The fourth-order valence-corrected chi connectivity index (χ4v) is 4.60. The van der Waals surface area contributed by atoms with E-state index in [-0.39, 0.29) is 5.91 Å². The number of hydrogen-bond donors (Lipinski definition) is 0. The predicted octanol–water partition coefficient (Wildman–Crippen LogP) is 4.26. The van der Waals surface area contributed by atoms with Crippen molar-refractivity contribution in [1.29, 1.82) is 0 Å². The Hall–Kier alpha value is -3.12. The minimum absolute atomic E-state index is 0.100. The molecule has 1 amide bonds. The summed E-state index contributed by atoms with van der Waals surface area (Å²) in [5.74, 6) is 1.08. The third-order valence-electron chi connectivity index (χ3n) is 5.59. The van der Waals surface area contributed by atoms with E-state index >= 15 is 0 Å². The van der Waals surface area contributed by atoms with Crippen LogP contribution < -0.4 is 4.90 Å². The van der Waals surface area contributed by atoms with Crippen molar-refractivity contribution in [2.75, 3.05) is 31.1 Å². The summed E-state index contributed by atoms with van der Waals surface area (Å²) in [7, 11) is 1.91.